The van der Waals surface area contributed by atoms with Gasteiger partial charge in [-0.1, -0.05) is 13.8 Å². The molecule has 1 N–H and O–H groups in total. The summed E-state index contributed by atoms with van der Waals surface area (Å²) in [7, 11) is 0. The maximum atomic E-state index is 4.42. The smallest absolute Gasteiger partial charge is 0.141 e. The van der Waals surface area contributed by atoms with Crippen molar-refractivity contribution in [1.29, 1.82) is 0 Å². The molecule has 0 amide bonds. The van der Waals surface area contributed by atoms with Gasteiger partial charge in [0, 0.05) is 31.7 Å². The van der Waals surface area contributed by atoms with Gasteiger partial charge in [0.2, 0.25) is 0 Å². The maximum Gasteiger partial charge on any atom is 0.141 e. The number of nitrogens with one attached hydrogen (secondary N) is 1. The summed E-state index contributed by atoms with van der Waals surface area (Å²) >= 11 is 0. The highest BCUT2D eigenvalue weighted by molar-refractivity contribution is 4.91. The third-order valence-corrected chi connectivity index (χ3v) is 3.65. The van der Waals surface area contributed by atoms with Gasteiger partial charge in [0.1, 0.15) is 12.2 Å². The molecule has 1 saturated heterocycles. The van der Waals surface area contributed by atoms with Gasteiger partial charge in [0.15, 0.2) is 0 Å². The van der Waals surface area contributed by atoms with Gasteiger partial charge in [-0.2, -0.15) is 5.10 Å². The third-order valence-electron chi connectivity index (χ3n) is 3.65. The van der Waals surface area contributed by atoms with Crippen molar-refractivity contribution in [3.63, 3.8) is 0 Å². The van der Waals surface area contributed by atoms with Crippen molar-refractivity contribution in [1.82, 2.24) is 25.0 Å². The molecule has 1 aliphatic rings. The Morgan fingerprint density at radius 2 is 2.17 bits per heavy atom. The third kappa shape index (κ3) is 2.90. The molecule has 5 nitrogen and oxygen atoms in total. The molecular weight excluding hydrogens is 226 g/mol. The van der Waals surface area contributed by atoms with Gasteiger partial charge in [-0.15, -0.1) is 0 Å². The first-order valence-electron chi connectivity index (χ1n) is 6.92. The second kappa shape index (κ2) is 5.80. The Morgan fingerprint density at radius 3 is 2.83 bits per heavy atom. The number of aromatic nitrogens is 3. The molecule has 1 fully saturated rings. The van der Waals surface area contributed by atoms with E-state index in [4.69, 9.17) is 0 Å². The Balaban J connectivity index is 2.08. The Morgan fingerprint density at radius 1 is 1.39 bits per heavy atom. The highest BCUT2D eigenvalue weighted by Crippen LogP contribution is 2.16. The van der Waals surface area contributed by atoms with E-state index in [0.717, 1.165) is 32.0 Å². The molecule has 0 aromatic carbocycles. The Kier molecular flexibility index (Phi) is 4.35. The fourth-order valence-electron chi connectivity index (χ4n) is 2.62. The molecule has 1 aromatic rings. The van der Waals surface area contributed by atoms with Gasteiger partial charge >= 0.3 is 0 Å². The molecular formula is C13H25N5. The molecule has 1 unspecified atom stereocenters. The maximum absolute atomic E-state index is 4.42. The summed E-state index contributed by atoms with van der Waals surface area (Å²) in [6.45, 7) is 13.0. The number of hydrogen-bond acceptors (Lipinski definition) is 4. The van der Waals surface area contributed by atoms with E-state index in [1.54, 1.807) is 6.33 Å². The average molecular weight is 251 g/mol. The second-order valence-corrected chi connectivity index (χ2v) is 5.70. The van der Waals surface area contributed by atoms with Crippen LogP contribution in [0.15, 0.2) is 6.33 Å². The average Bonchev–Trinajstić information content (AvgIpc) is 2.77. The van der Waals surface area contributed by atoms with Gasteiger partial charge < -0.3 is 5.32 Å². The van der Waals surface area contributed by atoms with Gasteiger partial charge in [-0.25, -0.2) is 9.67 Å². The largest absolute Gasteiger partial charge is 0.314 e. The standard InChI is InChI=1S/C13H25N5/c1-10(2)12-7-14-5-6-17(12)8-13-15-9-16-18(13)11(3)4/h9-12,14H,5-8H2,1-4H3. The minimum absolute atomic E-state index is 0.378. The highest BCUT2D eigenvalue weighted by atomic mass is 15.4. The van der Waals surface area contributed by atoms with Crippen LogP contribution in [-0.4, -0.2) is 45.3 Å². The minimum Gasteiger partial charge on any atom is -0.314 e. The Bertz CT molecular complexity index is 371. The topological polar surface area (TPSA) is 46.0 Å². The van der Waals surface area contributed by atoms with Crippen LogP contribution < -0.4 is 5.32 Å². The molecule has 1 aromatic heterocycles. The van der Waals surface area contributed by atoms with Crippen molar-refractivity contribution in [3.8, 4) is 0 Å². The van der Waals surface area contributed by atoms with Crippen molar-refractivity contribution in [3.05, 3.63) is 12.2 Å². The van der Waals surface area contributed by atoms with Crippen LogP contribution in [0, 0.1) is 5.92 Å². The first-order valence-corrected chi connectivity index (χ1v) is 6.92. The molecule has 1 aliphatic heterocycles. The SMILES string of the molecule is CC(C)C1CNCCN1Cc1ncnn1C(C)C. The number of rotatable bonds is 4. The van der Waals surface area contributed by atoms with Crippen LogP contribution >= 0.6 is 0 Å². The van der Waals surface area contributed by atoms with Crippen LogP contribution in [0.2, 0.25) is 0 Å². The van der Waals surface area contributed by atoms with Gasteiger partial charge in [0.05, 0.1) is 6.54 Å². The quantitative estimate of drug-likeness (QED) is 0.876. The van der Waals surface area contributed by atoms with Gasteiger partial charge in [-0.3, -0.25) is 4.90 Å². The lowest BCUT2D eigenvalue weighted by Crippen LogP contribution is -2.53. The van der Waals surface area contributed by atoms with Crippen molar-refractivity contribution >= 4 is 0 Å². The number of piperazine rings is 1. The van der Waals surface area contributed by atoms with Crippen LogP contribution in [0.3, 0.4) is 0 Å². The first kappa shape index (κ1) is 13.5. The molecule has 0 aliphatic carbocycles. The van der Waals surface area contributed by atoms with Crippen molar-refractivity contribution < 1.29 is 0 Å². The lowest BCUT2D eigenvalue weighted by Gasteiger charge is -2.38. The molecule has 5 heteroatoms. The van der Waals surface area contributed by atoms with Crippen LogP contribution in [0.1, 0.15) is 39.6 Å². The number of nitrogens with zero attached hydrogens (tertiary/aromatic N) is 4. The molecule has 18 heavy (non-hydrogen) atoms. The lowest BCUT2D eigenvalue weighted by atomic mass is 10.0. The normalized spacial score (nSPS) is 22.0. The summed E-state index contributed by atoms with van der Waals surface area (Å²) in [5.74, 6) is 1.74. The molecule has 0 spiro atoms. The van der Waals surface area contributed by atoms with E-state index in [1.807, 2.05) is 4.68 Å². The first-order chi connectivity index (χ1) is 8.59. The molecule has 2 rings (SSSR count). The number of hydrogen-bond donors (Lipinski definition) is 1. The van der Waals surface area contributed by atoms with E-state index in [0.29, 0.717) is 18.0 Å². The highest BCUT2D eigenvalue weighted by Gasteiger charge is 2.26. The van der Waals surface area contributed by atoms with Crippen LogP contribution in [0.4, 0.5) is 0 Å². The molecule has 1 atom stereocenters. The summed E-state index contributed by atoms with van der Waals surface area (Å²) in [6.07, 6.45) is 1.67. The van der Waals surface area contributed by atoms with Crippen LogP contribution in [0.5, 0.6) is 0 Å². The van der Waals surface area contributed by atoms with E-state index in [-0.39, 0.29) is 0 Å². The zero-order chi connectivity index (χ0) is 13.1. The van der Waals surface area contributed by atoms with E-state index in [1.165, 1.54) is 0 Å². The summed E-state index contributed by atoms with van der Waals surface area (Å²) in [6, 6.07) is 0.971. The predicted octanol–water partition coefficient (Wildman–Crippen LogP) is 1.29. The van der Waals surface area contributed by atoms with Gasteiger partial charge in [0.25, 0.3) is 0 Å². The molecule has 102 valence electrons. The molecule has 2 heterocycles. The Hall–Kier alpha value is -0.940. The Labute approximate surface area is 110 Å². The molecule has 0 bridgehead atoms. The summed E-state index contributed by atoms with van der Waals surface area (Å²) in [5, 5.41) is 7.79. The summed E-state index contributed by atoms with van der Waals surface area (Å²) in [4.78, 5) is 6.95. The zero-order valence-corrected chi connectivity index (χ0v) is 11.9. The van der Waals surface area contributed by atoms with Crippen LogP contribution in [0.25, 0.3) is 0 Å². The molecule has 0 saturated carbocycles. The van der Waals surface area contributed by atoms with E-state index < -0.39 is 0 Å². The van der Waals surface area contributed by atoms with Crippen molar-refractivity contribution in [2.75, 3.05) is 19.6 Å². The van der Waals surface area contributed by atoms with E-state index in [9.17, 15) is 0 Å². The lowest BCUT2D eigenvalue weighted by molar-refractivity contribution is 0.111. The second-order valence-electron chi connectivity index (χ2n) is 5.70. The minimum atomic E-state index is 0.378. The predicted molar refractivity (Wildman–Crippen MR) is 72.3 cm³/mol. The zero-order valence-electron chi connectivity index (χ0n) is 11.9. The fraction of sp³-hybridized carbons (Fsp3) is 0.846. The van der Waals surface area contributed by atoms with Crippen molar-refractivity contribution in [2.24, 2.45) is 5.92 Å². The molecule has 0 radical (unpaired) electrons. The monoisotopic (exact) mass is 251 g/mol. The van der Waals surface area contributed by atoms with Crippen LogP contribution in [-0.2, 0) is 6.54 Å². The van der Waals surface area contributed by atoms with Crippen molar-refractivity contribution in [2.45, 2.75) is 46.3 Å². The van der Waals surface area contributed by atoms with E-state index >= 15 is 0 Å². The fourth-order valence-corrected chi connectivity index (χ4v) is 2.62. The van der Waals surface area contributed by atoms with E-state index in [2.05, 4.69) is 48.0 Å². The summed E-state index contributed by atoms with van der Waals surface area (Å²) in [5.41, 5.74) is 0. The van der Waals surface area contributed by atoms with Gasteiger partial charge in [-0.05, 0) is 19.8 Å². The summed E-state index contributed by atoms with van der Waals surface area (Å²) < 4.78 is 2.03.